The highest BCUT2D eigenvalue weighted by atomic mass is 16.4. The number of rotatable bonds is 10. The van der Waals surface area contributed by atoms with Gasteiger partial charge in [-0.3, -0.25) is 0 Å². The maximum absolute atomic E-state index is 8.50. The summed E-state index contributed by atoms with van der Waals surface area (Å²) < 4.78 is 0. The van der Waals surface area contributed by atoms with Gasteiger partial charge in [0.05, 0.1) is 0 Å². The van der Waals surface area contributed by atoms with Crippen molar-refractivity contribution in [1.29, 1.82) is 0 Å². The highest BCUT2D eigenvalue weighted by molar-refractivity contribution is 5.79. The van der Waals surface area contributed by atoms with Crippen molar-refractivity contribution in [3.05, 3.63) is 0 Å². The maximum Gasteiger partial charge on any atom is 0.140 e. The first kappa shape index (κ1) is 16.2. The Balaban J connectivity index is 3.75. The third-order valence-corrected chi connectivity index (χ3v) is 3.06. The first-order valence-electron chi connectivity index (χ1n) is 6.82. The third kappa shape index (κ3) is 8.98. The topological polar surface area (TPSA) is 61.8 Å². The van der Waals surface area contributed by atoms with E-state index < -0.39 is 0 Å². The molecule has 0 amide bonds. The summed E-state index contributed by atoms with van der Waals surface area (Å²) in [5, 5.41) is 11.5. The number of oxime groups is 1. The molecule has 4 heteroatoms. The zero-order valence-electron chi connectivity index (χ0n) is 11.7. The Morgan fingerprint density at radius 3 is 2.35 bits per heavy atom. The lowest BCUT2D eigenvalue weighted by atomic mass is 10.1. The molecule has 0 fully saturated rings. The lowest BCUT2D eigenvalue weighted by Crippen LogP contribution is -2.34. The Kier molecular flexibility index (Phi) is 9.92. The summed E-state index contributed by atoms with van der Waals surface area (Å²) in [4.78, 5) is 2.39. The second-order valence-corrected chi connectivity index (χ2v) is 4.89. The highest BCUT2D eigenvalue weighted by Crippen LogP contribution is 2.07. The van der Waals surface area contributed by atoms with Crippen LogP contribution in [0, 0.1) is 0 Å². The fourth-order valence-corrected chi connectivity index (χ4v) is 1.85. The normalized spacial score (nSPS) is 12.6. The molecule has 0 bridgehead atoms. The molecule has 102 valence electrons. The molecule has 0 aliphatic rings. The fourth-order valence-electron chi connectivity index (χ4n) is 1.85. The first-order chi connectivity index (χ1) is 8.11. The lowest BCUT2D eigenvalue weighted by molar-refractivity contribution is 0.221. The van der Waals surface area contributed by atoms with Crippen molar-refractivity contribution in [3.63, 3.8) is 0 Å². The number of unbranched alkanes of at least 4 members (excludes halogenated alkanes) is 4. The van der Waals surface area contributed by atoms with E-state index in [2.05, 4.69) is 30.8 Å². The molecule has 0 radical (unpaired) electrons. The van der Waals surface area contributed by atoms with E-state index in [1.807, 2.05) is 0 Å². The quantitative estimate of drug-likeness (QED) is 0.204. The summed E-state index contributed by atoms with van der Waals surface area (Å²) >= 11 is 0. The number of hydrogen-bond donors (Lipinski definition) is 2. The van der Waals surface area contributed by atoms with Crippen LogP contribution in [0.4, 0.5) is 0 Å². The second kappa shape index (κ2) is 10.4. The molecule has 17 heavy (non-hydrogen) atoms. The van der Waals surface area contributed by atoms with Crippen LogP contribution >= 0.6 is 0 Å². The van der Waals surface area contributed by atoms with Gasteiger partial charge < -0.3 is 15.8 Å². The van der Waals surface area contributed by atoms with Crippen molar-refractivity contribution in [2.24, 2.45) is 10.9 Å². The van der Waals surface area contributed by atoms with Crippen LogP contribution < -0.4 is 5.73 Å². The monoisotopic (exact) mass is 243 g/mol. The third-order valence-electron chi connectivity index (χ3n) is 3.06. The van der Waals surface area contributed by atoms with Crippen LogP contribution in [0.3, 0.4) is 0 Å². The molecule has 0 aliphatic heterocycles. The van der Waals surface area contributed by atoms with E-state index in [9.17, 15) is 0 Å². The minimum atomic E-state index is 0.321. The predicted octanol–water partition coefficient (Wildman–Crippen LogP) is 2.80. The lowest BCUT2D eigenvalue weighted by Gasteiger charge is -2.26. The van der Waals surface area contributed by atoms with E-state index in [1.165, 1.54) is 32.1 Å². The van der Waals surface area contributed by atoms with Crippen LogP contribution in [0.1, 0.15) is 59.3 Å². The van der Waals surface area contributed by atoms with Crippen molar-refractivity contribution in [3.8, 4) is 0 Å². The van der Waals surface area contributed by atoms with Gasteiger partial charge in [0.15, 0.2) is 0 Å². The first-order valence-corrected chi connectivity index (χ1v) is 6.82. The highest BCUT2D eigenvalue weighted by Gasteiger charge is 2.09. The largest absolute Gasteiger partial charge is 0.409 e. The summed E-state index contributed by atoms with van der Waals surface area (Å²) in [6.07, 6.45) is 7.16. The summed E-state index contributed by atoms with van der Waals surface area (Å²) in [5.41, 5.74) is 5.49. The molecular weight excluding hydrogens is 214 g/mol. The molecule has 0 atom stereocenters. The molecule has 4 nitrogen and oxygen atoms in total. The zero-order chi connectivity index (χ0) is 13.1. The molecule has 0 aromatic rings. The van der Waals surface area contributed by atoms with E-state index in [1.54, 1.807) is 0 Å². The average molecular weight is 243 g/mol. The smallest absolute Gasteiger partial charge is 0.140 e. The minimum Gasteiger partial charge on any atom is -0.409 e. The van der Waals surface area contributed by atoms with E-state index >= 15 is 0 Å². The summed E-state index contributed by atoms with van der Waals surface area (Å²) in [5.74, 6) is 0.321. The summed E-state index contributed by atoms with van der Waals surface area (Å²) in [6, 6.07) is 0.521. The molecule has 0 saturated carbocycles. The van der Waals surface area contributed by atoms with Crippen LogP contribution in [0.25, 0.3) is 0 Å². The maximum atomic E-state index is 8.50. The van der Waals surface area contributed by atoms with Gasteiger partial charge in [0.25, 0.3) is 0 Å². The van der Waals surface area contributed by atoms with Gasteiger partial charge >= 0.3 is 0 Å². The molecule has 0 saturated heterocycles. The standard InChI is InChI=1S/C13H29N3O/c1-4-5-6-7-8-10-16(12(2)3)11-9-13(14)15-17/h12,17H,4-11H2,1-3H3,(H2,14,15). The average Bonchev–Trinajstić information content (AvgIpc) is 2.31. The van der Waals surface area contributed by atoms with Gasteiger partial charge in [-0.25, -0.2) is 0 Å². The van der Waals surface area contributed by atoms with Gasteiger partial charge in [0.2, 0.25) is 0 Å². The van der Waals surface area contributed by atoms with Gasteiger partial charge in [0, 0.05) is 19.0 Å². The molecule has 0 aromatic heterocycles. The zero-order valence-corrected chi connectivity index (χ0v) is 11.7. The Hall–Kier alpha value is -0.770. The van der Waals surface area contributed by atoms with Crippen molar-refractivity contribution >= 4 is 5.84 Å². The van der Waals surface area contributed by atoms with Crippen molar-refractivity contribution in [1.82, 2.24) is 4.90 Å². The van der Waals surface area contributed by atoms with Gasteiger partial charge in [-0.05, 0) is 26.8 Å². The van der Waals surface area contributed by atoms with Gasteiger partial charge in [0.1, 0.15) is 5.84 Å². The van der Waals surface area contributed by atoms with Crippen LogP contribution in [0.5, 0.6) is 0 Å². The van der Waals surface area contributed by atoms with E-state index in [-0.39, 0.29) is 0 Å². The van der Waals surface area contributed by atoms with Crippen LogP contribution in [0.15, 0.2) is 5.16 Å². The Morgan fingerprint density at radius 1 is 1.18 bits per heavy atom. The van der Waals surface area contributed by atoms with Gasteiger partial charge in [-0.1, -0.05) is 37.8 Å². The van der Waals surface area contributed by atoms with Crippen molar-refractivity contribution < 1.29 is 5.21 Å². The van der Waals surface area contributed by atoms with Gasteiger partial charge in [-0.15, -0.1) is 0 Å². The van der Waals surface area contributed by atoms with Crippen LogP contribution in [0.2, 0.25) is 0 Å². The van der Waals surface area contributed by atoms with Crippen LogP contribution in [-0.2, 0) is 0 Å². The molecule has 0 unspecified atom stereocenters. The molecule has 0 aliphatic carbocycles. The number of nitrogens with zero attached hydrogens (tertiary/aromatic N) is 2. The number of hydrogen-bond acceptors (Lipinski definition) is 3. The summed E-state index contributed by atoms with van der Waals surface area (Å²) in [7, 11) is 0. The Morgan fingerprint density at radius 2 is 1.82 bits per heavy atom. The summed E-state index contributed by atoms with van der Waals surface area (Å²) in [6.45, 7) is 8.61. The molecule has 0 aromatic carbocycles. The van der Waals surface area contributed by atoms with E-state index in [4.69, 9.17) is 10.9 Å². The number of amidine groups is 1. The second-order valence-electron chi connectivity index (χ2n) is 4.89. The Bertz CT molecular complexity index is 205. The number of nitrogens with two attached hydrogens (primary N) is 1. The van der Waals surface area contributed by atoms with Crippen molar-refractivity contribution in [2.45, 2.75) is 65.3 Å². The van der Waals surface area contributed by atoms with Crippen molar-refractivity contribution in [2.75, 3.05) is 13.1 Å². The predicted molar refractivity (Wildman–Crippen MR) is 73.5 cm³/mol. The molecule has 0 heterocycles. The van der Waals surface area contributed by atoms with Crippen LogP contribution in [-0.4, -0.2) is 35.1 Å². The SMILES string of the molecule is CCCCCCCN(CCC(N)=NO)C(C)C. The molecule has 3 N–H and O–H groups in total. The van der Waals surface area contributed by atoms with E-state index in [0.717, 1.165) is 13.1 Å². The van der Waals surface area contributed by atoms with E-state index in [0.29, 0.717) is 18.3 Å². The molecule has 0 spiro atoms. The Labute approximate surface area is 106 Å². The fraction of sp³-hybridized carbons (Fsp3) is 0.923. The van der Waals surface area contributed by atoms with Gasteiger partial charge in [-0.2, -0.15) is 0 Å². The minimum absolute atomic E-state index is 0.321. The molecular formula is C13H29N3O. The molecule has 0 rings (SSSR count).